The average molecular weight is 345 g/mol. The van der Waals surface area contributed by atoms with E-state index in [-0.39, 0.29) is 18.1 Å². The van der Waals surface area contributed by atoms with Gasteiger partial charge >= 0.3 is 0 Å². The van der Waals surface area contributed by atoms with Crippen LogP contribution in [0, 0.1) is 0 Å². The first kappa shape index (κ1) is 16.2. The first-order chi connectivity index (χ1) is 10.6. The molecule has 5 nitrogen and oxygen atoms in total. The van der Waals surface area contributed by atoms with Gasteiger partial charge in [-0.3, -0.25) is 0 Å². The molecule has 1 N–H and O–H groups in total. The van der Waals surface area contributed by atoms with E-state index in [0.717, 1.165) is 44.7 Å². The summed E-state index contributed by atoms with van der Waals surface area (Å²) in [7, 11) is -3.36. The van der Waals surface area contributed by atoms with Gasteiger partial charge in [0.1, 0.15) is 5.25 Å². The molecule has 2 aliphatic rings. The van der Waals surface area contributed by atoms with Gasteiger partial charge in [0.25, 0.3) is 0 Å². The highest BCUT2D eigenvalue weighted by Crippen LogP contribution is 2.28. The van der Waals surface area contributed by atoms with Gasteiger partial charge in [0.15, 0.2) is 9.84 Å². The van der Waals surface area contributed by atoms with Gasteiger partial charge in [0, 0.05) is 32.7 Å². The Labute approximate surface area is 136 Å². The average Bonchev–Trinajstić information content (AvgIpc) is 2.43. The molecule has 0 saturated carbocycles. The molecular formula is C15H21ClN2O3S. The van der Waals surface area contributed by atoms with Crippen molar-refractivity contribution in [2.24, 2.45) is 0 Å². The molecule has 0 aliphatic carbocycles. The van der Waals surface area contributed by atoms with Crippen LogP contribution in [-0.4, -0.2) is 64.5 Å². The molecule has 2 aliphatic heterocycles. The van der Waals surface area contributed by atoms with Crippen molar-refractivity contribution in [3.63, 3.8) is 0 Å². The maximum atomic E-state index is 12.4. The predicted octanol–water partition coefficient (Wildman–Crippen LogP) is 0.960. The zero-order valence-electron chi connectivity index (χ0n) is 12.4. The van der Waals surface area contributed by atoms with Crippen molar-refractivity contribution in [1.82, 2.24) is 10.2 Å². The second kappa shape index (κ2) is 6.84. The summed E-state index contributed by atoms with van der Waals surface area (Å²) >= 11 is 6.22. The third-order valence-corrected chi connectivity index (χ3v) is 6.82. The second-order valence-corrected chi connectivity index (χ2v) is 8.41. The Bertz CT molecular complexity index is 626. The number of piperazine rings is 1. The number of benzene rings is 1. The largest absolute Gasteiger partial charge is 0.379 e. The number of ether oxygens (including phenoxy) is 1. The van der Waals surface area contributed by atoms with Gasteiger partial charge in [-0.2, -0.15) is 0 Å². The minimum atomic E-state index is -3.36. The summed E-state index contributed by atoms with van der Waals surface area (Å²) in [6.07, 6.45) is 0.882. The molecule has 0 bridgehead atoms. The third kappa shape index (κ3) is 3.46. The highest BCUT2D eigenvalue weighted by atomic mass is 35.5. The number of nitrogens with one attached hydrogen (secondary N) is 1. The lowest BCUT2D eigenvalue weighted by Gasteiger charge is -2.27. The van der Waals surface area contributed by atoms with E-state index in [1.54, 1.807) is 12.1 Å². The van der Waals surface area contributed by atoms with E-state index in [2.05, 4.69) is 10.2 Å². The Morgan fingerprint density at radius 3 is 2.59 bits per heavy atom. The first-order valence-corrected chi connectivity index (χ1v) is 9.53. The summed E-state index contributed by atoms with van der Waals surface area (Å²) in [5.41, 5.74) is 1.08. The van der Waals surface area contributed by atoms with Crippen LogP contribution in [-0.2, 0) is 21.0 Å². The normalized spacial score (nSPS) is 20.8. The highest BCUT2D eigenvalue weighted by Gasteiger charge is 2.35. The number of halogens is 1. The van der Waals surface area contributed by atoms with Crippen LogP contribution in [0.4, 0.5) is 0 Å². The van der Waals surface area contributed by atoms with Crippen molar-refractivity contribution >= 4 is 21.4 Å². The Kier molecular flexibility index (Phi) is 5.04. The lowest BCUT2D eigenvalue weighted by atomic mass is 10.1. The van der Waals surface area contributed by atoms with Crippen molar-refractivity contribution in [2.75, 3.05) is 45.9 Å². The molecule has 1 aromatic carbocycles. The molecule has 2 saturated heterocycles. The van der Waals surface area contributed by atoms with E-state index in [4.69, 9.17) is 16.3 Å². The molecule has 122 valence electrons. The second-order valence-electron chi connectivity index (χ2n) is 5.81. The number of hydrogen-bond donors (Lipinski definition) is 1. The fraction of sp³-hybridized carbons (Fsp3) is 0.600. The quantitative estimate of drug-likeness (QED) is 0.862. The Morgan fingerprint density at radius 2 is 2.00 bits per heavy atom. The molecule has 22 heavy (non-hydrogen) atoms. The summed E-state index contributed by atoms with van der Waals surface area (Å²) in [5.74, 6) is 0. The molecule has 0 aromatic heterocycles. The van der Waals surface area contributed by atoms with E-state index in [1.807, 2.05) is 6.07 Å². The smallest absolute Gasteiger partial charge is 0.187 e. The fourth-order valence-corrected chi connectivity index (χ4v) is 4.75. The monoisotopic (exact) mass is 344 g/mol. The summed E-state index contributed by atoms with van der Waals surface area (Å²) in [6, 6.07) is 5.31. The molecule has 7 heteroatoms. The van der Waals surface area contributed by atoms with Crippen molar-refractivity contribution in [3.8, 4) is 0 Å². The highest BCUT2D eigenvalue weighted by molar-refractivity contribution is 7.92. The lowest BCUT2D eigenvalue weighted by Crippen LogP contribution is -2.44. The summed E-state index contributed by atoms with van der Waals surface area (Å²) in [6.45, 7) is 5.68. The van der Waals surface area contributed by atoms with E-state index in [0.29, 0.717) is 5.02 Å². The molecule has 1 aromatic rings. The van der Waals surface area contributed by atoms with Crippen LogP contribution >= 0.6 is 11.6 Å². The van der Waals surface area contributed by atoms with Gasteiger partial charge in [-0.15, -0.1) is 0 Å². The summed E-state index contributed by atoms with van der Waals surface area (Å²) < 4.78 is 29.7. The van der Waals surface area contributed by atoms with Gasteiger partial charge < -0.3 is 15.0 Å². The Balaban J connectivity index is 1.66. The zero-order valence-corrected chi connectivity index (χ0v) is 14.0. The third-order valence-electron chi connectivity index (χ3n) is 4.28. The van der Waals surface area contributed by atoms with Gasteiger partial charge in [0.2, 0.25) is 0 Å². The van der Waals surface area contributed by atoms with Crippen LogP contribution in [0.1, 0.15) is 5.56 Å². The van der Waals surface area contributed by atoms with Gasteiger partial charge in [-0.1, -0.05) is 17.7 Å². The van der Waals surface area contributed by atoms with Crippen LogP contribution in [0.5, 0.6) is 0 Å². The first-order valence-electron chi connectivity index (χ1n) is 7.60. The number of rotatable bonds is 5. The van der Waals surface area contributed by atoms with Crippen molar-refractivity contribution in [1.29, 1.82) is 0 Å². The number of nitrogens with zero attached hydrogens (tertiary/aromatic N) is 1. The molecule has 0 amide bonds. The van der Waals surface area contributed by atoms with E-state index in [9.17, 15) is 8.42 Å². The SMILES string of the molecule is O=S(=O)(c1ccc(CCN2CCNCC2)cc1Cl)C1COC1. The maximum absolute atomic E-state index is 12.4. The fourth-order valence-electron chi connectivity index (χ4n) is 2.73. The topological polar surface area (TPSA) is 58.6 Å². The van der Waals surface area contributed by atoms with Gasteiger partial charge in [-0.25, -0.2) is 8.42 Å². The van der Waals surface area contributed by atoms with Crippen molar-refractivity contribution in [2.45, 2.75) is 16.6 Å². The molecule has 0 spiro atoms. The van der Waals surface area contributed by atoms with Crippen molar-refractivity contribution in [3.05, 3.63) is 28.8 Å². The summed E-state index contributed by atoms with van der Waals surface area (Å²) in [4.78, 5) is 2.63. The van der Waals surface area contributed by atoms with Crippen molar-refractivity contribution < 1.29 is 13.2 Å². The Hall–Kier alpha value is -0.660. The van der Waals surface area contributed by atoms with Crippen LogP contribution in [0.3, 0.4) is 0 Å². The summed E-state index contributed by atoms with van der Waals surface area (Å²) in [5, 5.41) is 3.20. The molecule has 2 fully saturated rings. The van der Waals surface area contributed by atoms with E-state index < -0.39 is 15.1 Å². The molecule has 2 heterocycles. The molecule has 0 unspecified atom stereocenters. The lowest BCUT2D eigenvalue weighted by molar-refractivity contribution is 0.0416. The molecule has 3 rings (SSSR count). The van der Waals surface area contributed by atoms with Gasteiger partial charge in [0.05, 0.1) is 23.1 Å². The Morgan fingerprint density at radius 1 is 1.27 bits per heavy atom. The van der Waals surface area contributed by atoms with E-state index >= 15 is 0 Å². The number of sulfone groups is 1. The number of hydrogen-bond acceptors (Lipinski definition) is 5. The minimum absolute atomic E-state index is 0.230. The molecular weight excluding hydrogens is 324 g/mol. The van der Waals surface area contributed by atoms with Crippen LogP contribution < -0.4 is 5.32 Å². The van der Waals surface area contributed by atoms with Crippen LogP contribution in [0.15, 0.2) is 23.1 Å². The maximum Gasteiger partial charge on any atom is 0.187 e. The van der Waals surface area contributed by atoms with E-state index in [1.165, 1.54) is 0 Å². The molecule has 0 radical (unpaired) electrons. The molecule has 0 atom stereocenters. The standard InChI is InChI=1S/C15H21ClN2O3S/c16-14-9-12(3-6-18-7-4-17-5-8-18)1-2-15(14)22(19,20)13-10-21-11-13/h1-2,9,13,17H,3-8,10-11H2. The van der Waals surface area contributed by atoms with Gasteiger partial charge in [-0.05, 0) is 24.1 Å². The van der Waals surface area contributed by atoms with Crippen LogP contribution in [0.2, 0.25) is 5.02 Å². The minimum Gasteiger partial charge on any atom is -0.379 e. The van der Waals surface area contributed by atoms with Crippen LogP contribution in [0.25, 0.3) is 0 Å². The predicted molar refractivity (Wildman–Crippen MR) is 86.3 cm³/mol. The zero-order chi connectivity index (χ0) is 15.6.